The van der Waals surface area contributed by atoms with Gasteiger partial charge < -0.3 is 20.1 Å². The van der Waals surface area contributed by atoms with Gasteiger partial charge in [0.15, 0.2) is 0 Å². The average Bonchev–Trinajstić information content (AvgIpc) is 3.17. The molecule has 2 aliphatic rings. The second kappa shape index (κ2) is 7.47. The third-order valence-electron chi connectivity index (χ3n) is 6.12. The highest BCUT2D eigenvalue weighted by Crippen LogP contribution is 2.45. The molecular weight excluding hydrogens is 352 g/mol. The Kier molecular flexibility index (Phi) is 5.02. The summed E-state index contributed by atoms with van der Waals surface area (Å²) in [6, 6.07) is 15.8. The minimum atomic E-state index is -0.654. The van der Waals surface area contributed by atoms with Crippen molar-refractivity contribution in [2.24, 2.45) is 11.8 Å². The maximum absolute atomic E-state index is 12.8. The van der Waals surface area contributed by atoms with Crippen LogP contribution in [-0.4, -0.2) is 41.8 Å². The fourth-order valence-electron chi connectivity index (χ4n) is 4.86. The van der Waals surface area contributed by atoms with Crippen LogP contribution >= 0.6 is 0 Å². The van der Waals surface area contributed by atoms with E-state index in [0.717, 1.165) is 18.4 Å². The molecule has 2 amide bonds. The van der Waals surface area contributed by atoms with Crippen LogP contribution in [0.5, 0.6) is 5.75 Å². The number of carbonyl (C=O) groups is 1. The molecule has 0 aromatic heterocycles. The Hall–Kier alpha value is -2.53. The highest BCUT2D eigenvalue weighted by molar-refractivity contribution is 5.91. The molecule has 4 rings (SSSR count). The van der Waals surface area contributed by atoms with E-state index in [1.165, 1.54) is 5.56 Å². The zero-order chi connectivity index (χ0) is 19.7. The molecule has 5 nitrogen and oxygen atoms in total. The summed E-state index contributed by atoms with van der Waals surface area (Å²) in [5.74, 6) is 1.38. The number of aliphatic hydroxyl groups is 1. The van der Waals surface area contributed by atoms with Crippen LogP contribution in [0.2, 0.25) is 0 Å². The Morgan fingerprint density at radius 3 is 2.50 bits per heavy atom. The van der Waals surface area contributed by atoms with Crippen LogP contribution in [0, 0.1) is 18.8 Å². The Bertz CT molecular complexity index is 838. The quantitative estimate of drug-likeness (QED) is 0.847. The molecule has 2 aromatic carbocycles. The zero-order valence-electron chi connectivity index (χ0n) is 16.5. The molecule has 5 heteroatoms. The van der Waals surface area contributed by atoms with Crippen LogP contribution in [0.1, 0.15) is 24.0 Å². The van der Waals surface area contributed by atoms with Gasteiger partial charge in [0.2, 0.25) is 0 Å². The van der Waals surface area contributed by atoms with E-state index in [1.807, 2.05) is 48.2 Å². The normalized spacial score (nSPS) is 26.2. The minimum absolute atomic E-state index is 0.0927. The number of nitrogens with zero attached hydrogens (tertiary/aromatic N) is 1. The first kappa shape index (κ1) is 18.8. The molecule has 148 valence electrons. The van der Waals surface area contributed by atoms with Crippen molar-refractivity contribution in [1.82, 2.24) is 4.90 Å². The summed E-state index contributed by atoms with van der Waals surface area (Å²) in [7, 11) is 1.61. The lowest BCUT2D eigenvalue weighted by molar-refractivity contribution is 0.0368. The number of carbonyl (C=O) groups excluding carboxylic acids is 1. The lowest BCUT2D eigenvalue weighted by Crippen LogP contribution is -2.36. The topological polar surface area (TPSA) is 61.8 Å². The number of methoxy groups -OCH3 is 1. The lowest BCUT2D eigenvalue weighted by Gasteiger charge is -2.26. The first-order chi connectivity index (χ1) is 13.5. The molecule has 0 bridgehead atoms. The fraction of sp³-hybridized carbons (Fsp3) is 0.435. The number of amides is 2. The van der Waals surface area contributed by atoms with Crippen LogP contribution in [-0.2, 0) is 6.42 Å². The van der Waals surface area contributed by atoms with E-state index in [2.05, 4.69) is 17.4 Å². The monoisotopic (exact) mass is 380 g/mol. The highest BCUT2D eigenvalue weighted by atomic mass is 16.5. The molecule has 2 fully saturated rings. The number of likely N-dealkylation sites (tertiary alicyclic amines) is 1. The molecule has 0 spiro atoms. The summed E-state index contributed by atoms with van der Waals surface area (Å²) in [5.41, 5.74) is 2.29. The fourth-order valence-corrected chi connectivity index (χ4v) is 4.86. The van der Waals surface area contributed by atoms with E-state index >= 15 is 0 Å². The van der Waals surface area contributed by atoms with Gasteiger partial charge in [-0.1, -0.05) is 36.4 Å². The predicted octanol–water partition coefficient (Wildman–Crippen LogP) is 3.85. The summed E-state index contributed by atoms with van der Waals surface area (Å²) in [4.78, 5) is 14.6. The summed E-state index contributed by atoms with van der Waals surface area (Å²) in [6.45, 7) is 3.38. The molecule has 1 saturated carbocycles. The van der Waals surface area contributed by atoms with Gasteiger partial charge in [-0.25, -0.2) is 4.79 Å². The number of anilines is 1. The van der Waals surface area contributed by atoms with E-state index in [1.54, 1.807) is 7.11 Å². The number of urea groups is 1. The van der Waals surface area contributed by atoms with Gasteiger partial charge in [0.1, 0.15) is 5.75 Å². The summed E-state index contributed by atoms with van der Waals surface area (Å²) >= 11 is 0. The van der Waals surface area contributed by atoms with Gasteiger partial charge in [-0.15, -0.1) is 0 Å². The van der Waals surface area contributed by atoms with Crippen LogP contribution in [0.15, 0.2) is 48.5 Å². The van der Waals surface area contributed by atoms with E-state index in [4.69, 9.17) is 4.74 Å². The first-order valence-electron chi connectivity index (χ1n) is 9.93. The van der Waals surface area contributed by atoms with E-state index in [-0.39, 0.29) is 6.03 Å². The summed E-state index contributed by atoms with van der Waals surface area (Å²) < 4.78 is 5.36. The number of benzene rings is 2. The molecule has 3 atom stereocenters. The van der Waals surface area contributed by atoms with Crippen molar-refractivity contribution in [2.75, 3.05) is 25.5 Å². The number of fused-ring (bicyclic) bond motifs is 1. The van der Waals surface area contributed by atoms with Gasteiger partial charge in [0.25, 0.3) is 0 Å². The number of aryl methyl sites for hydroxylation is 1. The highest BCUT2D eigenvalue weighted by Gasteiger charge is 2.49. The molecule has 2 aromatic rings. The third kappa shape index (κ3) is 3.85. The van der Waals surface area contributed by atoms with Crippen molar-refractivity contribution in [1.29, 1.82) is 0 Å². The second-order valence-corrected chi connectivity index (χ2v) is 8.35. The molecule has 0 radical (unpaired) electrons. The van der Waals surface area contributed by atoms with Crippen LogP contribution in [0.3, 0.4) is 0 Å². The van der Waals surface area contributed by atoms with Gasteiger partial charge >= 0.3 is 6.03 Å². The van der Waals surface area contributed by atoms with Crippen molar-refractivity contribution < 1.29 is 14.6 Å². The molecule has 1 aliphatic heterocycles. The van der Waals surface area contributed by atoms with Gasteiger partial charge in [-0.3, -0.25) is 0 Å². The van der Waals surface area contributed by atoms with Crippen molar-refractivity contribution in [3.05, 3.63) is 59.7 Å². The SMILES string of the molecule is COc1ccc(C)cc1NC(=O)N1C[C@@H]2C[C@](O)(Cc3ccccc3)C[C@@H]2C1. The van der Waals surface area contributed by atoms with E-state index in [9.17, 15) is 9.90 Å². The number of hydrogen-bond acceptors (Lipinski definition) is 3. The van der Waals surface area contributed by atoms with Crippen molar-refractivity contribution in [2.45, 2.75) is 31.8 Å². The maximum Gasteiger partial charge on any atom is 0.321 e. The van der Waals surface area contributed by atoms with Crippen LogP contribution in [0.25, 0.3) is 0 Å². The van der Waals surface area contributed by atoms with Crippen molar-refractivity contribution >= 4 is 11.7 Å². The molecule has 2 N–H and O–H groups in total. The van der Waals surface area contributed by atoms with Crippen molar-refractivity contribution in [3.63, 3.8) is 0 Å². The molecule has 28 heavy (non-hydrogen) atoms. The predicted molar refractivity (Wildman–Crippen MR) is 110 cm³/mol. The smallest absolute Gasteiger partial charge is 0.321 e. The minimum Gasteiger partial charge on any atom is -0.495 e. The number of hydrogen-bond donors (Lipinski definition) is 2. The standard InChI is InChI=1S/C23H28N2O3/c1-16-8-9-21(28-2)20(10-16)24-22(26)25-14-18-12-23(27,13-19(18)15-25)11-17-6-4-3-5-7-17/h3-10,18-19,27H,11-15H2,1-2H3,(H,24,26)/t18-,19+,23+. The molecular formula is C23H28N2O3. The van der Waals surface area contributed by atoms with E-state index in [0.29, 0.717) is 42.8 Å². The molecule has 1 aliphatic carbocycles. The van der Waals surface area contributed by atoms with Gasteiger partial charge in [-0.2, -0.15) is 0 Å². The van der Waals surface area contributed by atoms with Gasteiger partial charge in [-0.05, 0) is 54.9 Å². The molecule has 1 heterocycles. The Labute approximate surface area is 166 Å². The number of ether oxygens (including phenoxy) is 1. The van der Waals surface area contributed by atoms with Crippen molar-refractivity contribution in [3.8, 4) is 5.75 Å². The van der Waals surface area contributed by atoms with E-state index < -0.39 is 5.60 Å². The second-order valence-electron chi connectivity index (χ2n) is 8.35. The van der Waals surface area contributed by atoms with Crippen LogP contribution in [0.4, 0.5) is 10.5 Å². The number of nitrogens with one attached hydrogen (secondary N) is 1. The number of rotatable bonds is 4. The average molecular weight is 380 g/mol. The first-order valence-corrected chi connectivity index (χ1v) is 9.93. The summed E-state index contributed by atoms with van der Waals surface area (Å²) in [5, 5.41) is 14.1. The Morgan fingerprint density at radius 2 is 1.86 bits per heavy atom. The third-order valence-corrected chi connectivity index (χ3v) is 6.12. The van der Waals surface area contributed by atoms with Crippen LogP contribution < -0.4 is 10.1 Å². The Morgan fingerprint density at radius 1 is 1.18 bits per heavy atom. The maximum atomic E-state index is 12.8. The van der Waals surface area contributed by atoms with Gasteiger partial charge in [0.05, 0.1) is 18.4 Å². The lowest BCUT2D eigenvalue weighted by atomic mass is 9.91. The zero-order valence-corrected chi connectivity index (χ0v) is 16.5. The molecule has 1 saturated heterocycles. The summed E-state index contributed by atoms with van der Waals surface area (Å²) in [6.07, 6.45) is 2.20. The van der Waals surface area contributed by atoms with Gasteiger partial charge in [0, 0.05) is 19.5 Å². The largest absolute Gasteiger partial charge is 0.495 e. The Balaban J connectivity index is 1.37. The molecule has 0 unspecified atom stereocenters.